The molecule has 0 spiro atoms. The fourth-order valence-electron chi connectivity index (χ4n) is 3.70. The second-order valence-electron chi connectivity index (χ2n) is 7.73. The van der Waals surface area contributed by atoms with Gasteiger partial charge in [-0.05, 0) is 74.8 Å². The fourth-order valence-corrected chi connectivity index (χ4v) is 3.70. The van der Waals surface area contributed by atoms with Gasteiger partial charge in [0.25, 0.3) is 5.91 Å². The molecule has 2 saturated carbocycles. The van der Waals surface area contributed by atoms with E-state index < -0.39 is 0 Å². The van der Waals surface area contributed by atoms with Crippen molar-refractivity contribution < 1.29 is 9.53 Å². The van der Waals surface area contributed by atoms with Crippen molar-refractivity contribution in [3.8, 4) is 0 Å². The van der Waals surface area contributed by atoms with Crippen molar-refractivity contribution in [2.75, 3.05) is 19.8 Å². The summed E-state index contributed by atoms with van der Waals surface area (Å²) >= 11 is 0. The van der Waals surface area contributed by atoms with Crippen molar-refractivity contribution in [1.82, 2.24) is 10.6 Å². The van der Waals surface area contributed by atoms with Crippen molar-refractivity contribution >= 4 is 18.3 Å². The van der Waals surface area contributed by atoms with Crippen LogP contribution in [-0.2, 0) is 4.74 Å². The van der Waals surface area contributed by atoms with Gasteiger partial charge in [-0.2, -0.15) is 0 Å². The Labute approximate surface area is 156 Å². The number of carbonyl (C=O) groups excluding carboxylic acids is 1. The number of amides is 1. The predicted molar refractivity (Wildman–Crippen MR) is 102 cm³/mol. The van der Waals surface area contributed by atoms with Crippen LogP contribution in [0.15, 0.2) is 18.2 Å². The minimum atomic E-state index is 0. The maximum absolute atomic E-state index is 12.6. The van der Waals surface area contributed by atoms with E-state index in [2.05, 4.69) is 29.7 Å². The molecule has 2 atom stereocenters. The number of ether oxygens (including phenoxy) is 1. The summed E-state index contributed by atoms with van der Waals surface area (Å²) in [7, 11) is 0. The van der Waals surface area contributed by atoms with Crippen LogP contribution in [0.1, 0.15) is 59.5 Å². The van der Waals surface area contributed by atoms with Gasteiger partial charge in [-0.3, -0.25) is 4.79 Å². The molecule has 1 saturated heterocycles. The van der Waals surface area contributed by atoms with E-state index in [4.69, 9.17) is 4.74 Å². The molecule has 3 aliphatic rings. The Hall–Kier alpha value is -1.10. The summed E-state index contributed by atoms with van der Waals surface area (Å²) in [5, 5.41) is 6.86. The number of aryl methyl sites for hydroxylation is 1. The molecule has 0 radical (unpaired) electrons. The second kappa shape index (κ2) is 8.07. The van der Waals surface area contributed by atoms with Gasteiger partial charge in [-0.25, -0.2) is 0 Å². The molecule has 1 amide bonds. The minimum Gasteiger partial charge on any atom is -0.381 e. The summed E-state index contributed by atoms with van der Waals surface area (Å²) in [6.45, 7) is 4.83. The Bertz CT molecular complexity index is 612. The monoisotopic (exact) mass is 364 g/mol. The third-order valence-electron chi connectivity index (χ3n) is 5.65. The highest BCUT2D eigenvalue weighted by Crippen LogP contribution is 2.43. The van der Waals surface area contributed by atoms with Crippen LogP contribution in [-0.4, -0.2) is 37.7 Å². The van der Waals surface area contributed by atoms with E-state index in [1.807, 2.05) is 6.07 Å². The maximum atomic E-state index is 12.6. The molecular formula is C20H29ClN2O2. The van der Waals surface area contributed by atoms with E-state index in [1.165, 1.54) is 36.9 Å². The summed E-state index contributed by atoms with van der Waals surface area (Å²) in [5.74, 6) is 1.56. The molecule has 1 aromatic rings. The summed E-state index contributed by atoms with van der Waals surface area (Å²) in [6, 6.07) is 7.04. The quantitative estimate of drug-likeness (QED) is 0.815. The van der Waals surface area contributed by atoms with Crippen LogP contribution in [0.5, 0.6) is 0 Å². The third kappa shape index (κ3) is 4.75. The molecule has 25 heavy (non-hydrogen) atoms. The number of hydrogen-bond donors (Lipinski definition) is 2. The number of carbonyl (C=O) groups is 1. The summed E-state index contributed by atoms with van der Waals surface area (Å²) in [4.78, 5) is 12.6. The first-order chi connectivity index (χ1) is 11.7. The van der Waals surface area contributed by atoms with E-state index in [1.54, 1.807) is 0 Å². The molecule has 1 aliphatic heterocycles. The van der Waals surface area contributed by atoms with Gasteiger partial charge in [0, 0.05) is 36.8 Å². The molecule has 4 rings (SSSR count). The molecule has 0 aromatic heterocycles. The van der Waals surface area contributed by atoms with E-state index in [-0.39, 0.29) is 24.4 Å². The topological polar surface area (TPSA) is 50.4 Å². The zero-order valence-electron chi connectivity index (χ0n) is 14.9. The van der Waals surface area contributed by atoms with Gasteiger partial charge in [-0.15, -0.1) is 12.4 Å². The Morgan fingerprint density at radius 2 is 1.96 bits per heavy atom. The Kier molecular flexibility index (Phi) is 6.03. The summed E-state index contributed by atoms with van der Waals surface area (Å²) in [5.41, 5.74) is 3.45. The molecule has 138 valence electrons. The van der Waals surface area contributed by atoms with Crippen molar-refractivity contribution in [2.24, 2.45) is 5.92 Å². The second-order valence-corrected chi connectivity index (χ2v) is 7.73. The lowest BCUT2D eigenvalue weighted by molar-refractivity contribution is 0.0696. The van der Waals surface area contributed by atoms with Crippen LogP contribution in [0.2, 0.25) is 0 Å². The molecule has 2 unspecified atom stereocenters. The number of nitrogens with one attached hydrogen (secondary N) is 2. The van der Waals surface area contributed by atoms with Crippen LogP contribution in [0.4, 0.5) is 0 Å². The molecule has 1 aromatic carbocycles. The largest absolute Gasteiger partial charge is 0.381 e. The molecule has 4 nitrogen and oxygen atoms in total. The average Bonchev–Trinajstić information content (AvgIpc) is 3.49. The number of rotatable bonds is 6. The van der Waals surface area contributed by atoms with E-state index in [0.29, 0.717) is 12.0 Å². The van der Waals surface area contributed by atoms with Crippen LogP contribution in [0.3, 0.4) is 0 Å². The van der Waals surface area contributed by atoms with E-state index in [0.717, 1.165) is 37.5 Å². The van der Waals surface area contributed by atoms with E-state index >= 15 is 0 Å². The first-order valence-electron chi connectivity index (χ1n) is 9.43. The Balaban J connectivity index is 0.00000182. The first kappa shape index (κ1) is 18.7. The summed E-state index contributed by atoms with van der Waals surface area (Å²) < 4.78 is 5.36. The highest BCUT2D eigenvalue weighted by Gasteiger charge is 2.40. The highest BCUT2D eigenvalue weighted by molar-refractivity contribution is 5.94. The van der Waals surface area contributed by atoms with Gasteiger partial charge in [0.1, 0.15) is 0 Å². The number of benzene rings is 1. The lowest BCUT2D eigenvalue weighted by atomic mass is 10.00. The van der Waals surface area contributed by atoms with Crippen LogP contribution < -0.4 is 10.6 Å². The van der Waals surface area contributed by atoms with Crippen molar-refractivity contribution in [2.45, 2.75) is 57.0 Å². The number of hydrogen-bond acceptors (Lipinski definition) is 3. The van der Waals surface area contributed by atoms with Gasteiger partial charge in [-0.1, -0.05) is 6.07 Å². The third-order valence-corrected chi connectivity index (χ3v) is 5.65. The smallest absolute Gasteiger partial charge is 0.251 e. The van der Waals surface area contributed by atoms with Gasteiger partial charge in [0.2, 0.25) is 0 Å². The Morgan fingerprint density at radius 1 is 1.20 bits per heavy atom. The molecular weight excluding hydrogens is 336 g/mol. The zero-order valence-corrected chi connectivity index (χ0v) is 15.7. The van der Waals surface area contributed by atoms with Crippen LogP contribution in [0.25, 0.3) is 0 Å². The SMILES string of the molecule is Cc1ccc(C(=O)NC2CCOCC2)cc1C1CC1NCC1CC1.Cl. The molecule has 0 bridgehead atoms. The first-order valence-corrected chi connectivity index (χ1v) is 9.43. The summed E-state index contributed by atoms with van der Waals surface area (Å²) in [6.07, 6.45) is 5.83. The van der Waals surface area contributed by atoms with Crippen LogP contribution in [0, 0.1) is 12.8 Å². The lowest BCUT2D eigenvalue weighted by Gasteiger charge is -2.23. The minimum absolute atomic E-state index is 0. The van der Waals surface area contributed by atoms with Crippen molar-refractivity contribution in [3.63, 3.8) is 0 Å². The predicted octanol–water partition coefficient (Wildman–Crippen LogP) is 3.18. The van der Waals surface area contributed by atoms with Gasteiger partial charge < -0.3 is 15.4 Å². The number of halogens is 1. The van der Waals surface area contributed by atoms with E-state index in [9.17, 15) is 4.79 Å². The standard InChI is InChI=1S/C20H28N2O2.ClH/c1-13-2-5-15(20(23)22-16-6-8-24-9-7-16)10-17(13)18-11-19(18)21-12-14-3-4-14;/h2,5,10,14,16,18-19,21H,3-4,6-9,11-12H2,1H3,(H,22,23);1H. The molecule has 3 fully saturated rings. The van der Waals surface area contributed by atoms with Crippen molar-refractivity contribution in [3.05, 3.63) is 34.9 Å². The molecule has 1 heterocycles. The lowest BCUT2D eigenvalue weighted by Crippen LogP contribution is -2.38. The molecule has 2 N–H and O–H groups in total. The highest BCUT2D eigenvalue weighted by atomic mass is 35.5. The normalized spacial score (nSPS) is 26.0. The fraction of sp³-hybridized carbons (Fsp3) is 0.650. The van der Waals surface area contributed by atoms with Crippen molar-refractivity contribution in [1.29, 1.82) is 0 Å². The van der Waals surface area contributed by atoms with Gasteiger partial charge >= 0.3 is 0 Å². The zero-order chi connectivity index (χ0) is 16.5. The Morgan fingerprint density at radius 3 is 2.68 bits per heavy atom. The van der Waals surface area contributed by atoms with Crippen LogP contribution >= 0.6 is 12.4 Å². The molecule has 2 aliphatic carbocycles. The average molecular weight is 365 g/mol. The molecule has 5 heteroatoms. The van der Waals surface area contributed by atoms with Gasteiger partial charge in [0.05, 0.1) is 0 Å². The van der Waals surface area contributed by atoms with Gasteiger partial charge in [0.15, 0.2) is 0 Å². The maximum Gasteiger partial charge on any atom is 0.251 e.